The number of rotatable bonds is 8. The van der Waals surface area contributed by atoms with Crippen molar-refractivity contribution in [2.24, 2.45) is 4.99 Å². The predicted octanol–water partition coefficient (Wildman–Crippen LogP) is 3.41. The van der Waals surface area contributed by atoms with Gasteiger partial charge in [0.1, 0.15) is 11.5 Å². The Morgan fingerprint density at radius 1 is 1.00 bits per heavy atom. The molecule has 0 atom stereocenters. The fourth-order valence-electron chi connectivity index (χ4n) is 2.79. The zero-order valence-corrected chi connectivity index (χ0v) is 15.9. The smallest absolute Gasteiger partial charge is 0.191 e. The summed E-state index contributed by atoms with van der Waals surface area (Å²) in [6.07, 6.45) is 3.43. The van der Waals surface area contributed by atoms with Gasteiger partial charge in [0.25, 0.3) is 0 Å². The summed E-state index contributed by atoms with van der Waals surface area (Å²) in [7, 11) is 0. The van der Waals surface area contributed by atoms with E-state index in [9.17, 15) is 0 Å². The third-order valence-corrected chi connectivity index (χ3v) is 4.37. The molecule has 0 aliphatic heterocycles. The fourth-order valence-corrected chi connectivity index (χ4v) is 2.79. The molecular formula is C21H26N4O2. The van der Waals surface area contributed by atoms with E-state index in [0.29, 0.717) is 6.54 Å². The van der Waals surface area contributed by atoms with Gasteiger partial charge in [-0.2, -0.15) is 0 Å². The number of nitrogens with one attached hydrogen (secondary N) is 2. The van der Waals surface area contributed by atoms with Crippen LogP contribution in [0.3, 0.4) is 0 Å². The van der Waals surface area contributed by atoms with E-state index in [2.05, 4.69) is 40.1 Å². The van der Waals surface area contributed by atoms with Gasteiger partial charge in [0.15, 0.2) is 5.96 Å². The van der Waals surface area contributed by atoms with Gasteiger partial charge in [-0.05, 0) is 38.0 Å². The molecule has 0 saturated carbocycles. The summed E-state index contributed by atoms with van der Waals surface area (Å²) in [6, 6.07) is 14.3. The highest BCUT2D eigenvalue weighted by molar-refractivity contribution is 5.79. The number of benzene rings is 1. The number of nitrogens with zero attached hydrogens (tertiary/aromatic N) is 2. The van der Waals surface area contributed by atoms with Crippen molar-refractivity contribution in [1.29, 1.82) is 0 Å². The van der Waals surface area contributed by atoms with Crippen LogP contribution in [0.1, 0.15) is 28.3 Å². The van der Waals surface area contributed by atoms with Crippen LogP contribution in [-0.4, -0.2) is 24.2 Å². The van der Waals surface area contributed by atoms with Crippen LogP contribution >= 0.6 is 0 Å². The summed E-state index contributed by atoms with van der Waals surface area (Å²) < 4.78 is 10.6. The highest BCUT2D eigenvalue weighted by atomic mass is 16.5. The Kier molecular flexibility index (Phi) is 6.68. The monoisotopic (exact) mass is 366 g/mol. The summed E-state index contributed by atoms with van der Waals surface area (Å²) in [5.74, 6) is 2.55. The van der Waals surface area contributed by atoms with Crippen molar-refractivity contribution in [3.05, 3.63) is 77.1 Å². The van der Waals surface area contributed by atoms with E-state index in [4.69, 9.17) is 13.9 Å². The maximum absolute atomic E-state index is 5.38. The number of aliphatic imine (C=N–C) groups is 1. The van der Waals surface area contributed by atoms with Gasteiger partial charge in [-0.25, -0.2) is 4.99 Å². The first-order valence-corrected chi connectivity index (χ1v) is 9.22. The first kappa shape index (κ1) is 18.8. The Morgan fingerprint density at radius 3 is 2.44 bits per heavy atom. The summed E-state index contributed by atoms with van der Waals surface area (Å²) in [4.78, 5) is 4.70. The third kappa shape index (κ3) is 5.74. The van der Waals surface area contributed by atoms with Gasteiger partial charge < -0.3 is 19.6 Å². The average Bonchev–Trinajstić information content (AvgIpc) is 3.31. The van der Waals surface area contributed by atoms with Crippen molar-refractivity contribution in [1.82, 2.24) is 15.8 Å². The standard InChI is InChI=1S/C21H26N4O2/c1-16-20(17(2)27-25-16)15-24-21(23-13-11-19-9-6-14-26-19)22-12-10-18-7-4-3-5-8-18/h3-9,14H,10-13,15H2,1-2H3,(H2,22,23,24). The minimum Gasteiger partial charge on any atom is -0.469 e. The lowest BCUT2D eigenvalue weighted by atomic mass is 10.1. The van der Waals surface area contributed by atoms with Gasteiger partial charge in [-0.15, -0.1) is 0 Å². The molecule has 3 rings (SSSR count). The van der Waals surface area contributed by atoms with Crippen molar-refractivity contribution in [2.45, 2.75) is 33.2 Å². The van der Waals surface area contributed by atoms with Crippen molar-refractivity contribution in [3.8, 4) is 0 Å². The summed E-state index contributed by atoms with van der Waals surface area (Å²) >= 11 is 0. The minimum absolute atomic E-state index is 0.530. The summed E-state index contributed by atoms with van der Waals surface area (Å²) in [5, 5.41) is 10.8. The largest absolute Gasteiger partial charge is 0.469 e. The quantitative estimate of drug-likeness (QED) is 0.472. The van der Waals surface area contributed by atoms with Gasteiger partial charge in [0.2, 0.25) is 0 Å². The lowest BCUT2D eigenvalue weighted by Crippen LogP contribution is -2.39. The number of hydrogen-bond acceptors (Lipinski definition) is 4. The zero-order valence-electron chi connectivity index (χ0n) is 15.9. The molecule has 0 radical (unpaired) electrons. The van der Waals surface area contributed by atoms with Gasteiger partial charge in [0.05, 0.1) is 18.5 Å². The van der Waals surface area contributed by atoms with Crippen LogP contribution < -0.4 is 10.6 Å². The van der Waals surface area contributed by atoms with Crippen LogP contribution in [0.15, 0.2) is 62.7 Å². The molecule has 0 unspecified atom stereocenters. The average molecular weight is 366 g/mol. The molecule has 2 N–H and O–H groups in total. The maximum Gasteiger partial charge on any atom is 0.191 e. The van der Waals surface area contributed by atoms with E-state index >= 15 is 0 Å². The fraction of sp³-hybridized carbons (Fsp3) is 0.333. The second-order valence-electron chi connectivity index (χ2n) is 6.39. The van der Waals surface area contributed by atoms with Crippen LogP contribution in [0.25, 0.3) is 0 Å². The minimum atomic E-state index is 0.530. The number of hydrogen-bond donors (Lipinski definition) is 2. The second kappa shape index (κ2) is 9.62. The Hall–Kier alpha value is -3.02. The van der Waals surface area contributed by atoms with Crippen LogP contribution in [0, 0.1) is 13.8 Å². The van der Waals surface area contributed by atoms with Crippen LogP contribution in [0.5, 0.6) is 0 Å². The molecule has 0 saturated heterocycles. The topological polar surface area (TPSA) is 75.6 Å². The van der Waals surface area contributed by atoms with Crippen molar-refractivity contribution >= 4 is 5.96 Å². The zero-order chi connectivity index (χ0) is 18.9. The van der Waals surface area contributed by atoms with Crippen LogP contribution in [-0.2, 0) is 19.4 Å². The van der Waals surface area contributed by atoms with E-state index < -0.39 is 0 Å². The van der Waals surface area contributed by atoms with E-state index in [1.807, 2.05) is 32.0 Å². The maximum atomic E-state index is 5.38. The molecule has 1 aromatic carbocycles. The van der Waals surface area contributed by atoms with Gasteiger partial charge in [-0.1, -0.05) is 35.5 Å². The number of aromatic nitrogens is 1. The van der Waals surface area contributed by atoms with E-state index in [-0.39, 0.29) is 0 Å². The normalized spacial score (nSPS) is 11.6. The summed E-state index contributed by atoms with van der Waals surface area (Å²) in [5.41, 5.74) is 3.21. The van der Waals surface area contributed by atoms with E-state index in [1.165, 1.54) is 5.56 Å². The summed E-state index contributed by atoms with van der Waals surface area (Å²) in [6.45, 7) is 5.93. The molecule has 2 heterocycles. The molecule has 2 aromatic heterocycles. The highest BCUT2D eigenvalue weighted by Gasteiger charge is 2.09. The van der Waals surface area contributed by atoms with Crippen LogP contribution in [0.2, 0.25) is 0 Å². The molecule has 6 nitrogen and oxygen atoms in total. The molecule has 27 heavy (non-hydrogen) atoms. The van der Waals surface area contributed by atoms with Gasteiger partial charge in [-0.3, -0.25) is 0 Å². The molecule has 0 fully saturated rings. The first-order chi connectivity index (χ1) is 13.2. The molecule has 0 spiro atoms. The first-order valence-electron chi connectivity index (χ1n) is 9.22. The van der Waals surface area contributed by atoms with E-state index in [1.54, 1.807) is 6.26 Å². The predicted molar refractivity (Wildman–Crippen MR) is 106 cm³/mol. The molecule has 142 valence electrons. The molecule has 0 aliphatic carbocycles. The number of guanidine groups is 1. The Labute approximate surface area is 159 Å². The third-order valence-electron chi connectivity index (χ3n) is 4.37. The molecule has 0 amide bonds. The number of furan rings is 1. The van der Waals surface area contributed by atoms with Crippen molar-refractivity contribution < 1.29 is 8.94 Å². The molecule has 6 heteroatoms. The van der Waals surface area contributed by atoms with Crippen LogP contribution in [0.4, 0.5) is 0 Å². The second-order valence-corrected chi connectivity index (χ2v) is 6.39. The Balaban J connectivity index is 1.57. The molecule has 0 aliphatic rings. The number of aryl methyl sites for hydroxylation is 2. The molecule has 3 aromatic rings. The van der Waals surface area contributed by atoms with E-state index in [0.717, 1.165) is 54.7 Å². The Bertz CT molecular complexity index is 819. The lowest BCUT2D eigenvalue weighted by molar-refractivity contribution is 0.392. The molecule has 0 bridgehead atoms. The Morgan fingerprint density at radius 2 is 1.78 bits per heavy atom. The lowest BCUT2D eigenvalue weighted by Gasteiger charge is -2.12. The van der Waals surface area contributed by atoms with Gasteiger partial charge >= 0.3 is 0 Å². The van der Waals surface area contributed by atoms with Crippen molar-refractivity contribution in [3.63, 3.8) is 0 Å². The van der Waals surface area contributed by atoms with Crippen molar-refractivity contribution in [2.75, 3.05) is 13.1 Å². The SMILES string of the molecule is Cc1noc(C)c1CN=C(NCCc1ccccc1)NCCc1ccco1. The molecular weight excluding hydrogens is 340 g/mol. The van der Waals surface area contributed by atoms with Gasteiger partial charge in [0, 0.05) is 25.1 Å². The highest BCUT2D eigenvalue weighted by Crippen LogP contribution is 2.13.